The molecule has 0 spiro atoms. The van der Waals surface area contributed by atoms with Crippen molar-refractivity contribution >= 4 is 17.3 Å². The van der Waals surface area contributed by atoms with Crippen LogP contribution >= 0.6 is 0 Å². The monoisotopic (exact) mass is 409 g/mol. The van der Waals surface area contributed by atoms with Gasteiger partial charge in [-0.1, -0.05) is 20.3 Å². The first-order chi connectivity index (χ1) is 14.3. The maximum atomic E-state index is 12.6. The summed E-state index contributed by atoms with van der Waals surface area (Å²) < 4.78 is 1.17. The van der Waals surface area contributed by atoms with E-state index in [9.17, 15) is 20.0 Å². The second kappa shape index (κ2) is 10.3. The smallest absolute Gasteiger partial charge is 0.271 e. The molecule has 0 saturated heterocycles. The van der Waals surface area contributed by atoms with E-state index >= 15 is 0 Å². The molecule has 1 aromatic carbocycles. The topological polar surface area (TPSA) is 111 Å². The largest absolute Gasteiger partial charge is 0.493 e. The molecular formula is C22H27N5O3. The van der Waals surface area contributed by atoms with Crippen LogP contribution in [0.5, 0.6) is 5.88 Å². The number of nitrogens with zero attached hydrogens (tertiary/aromatic N) is 5. The van der Waals surface area contributed by atoms with Crippen molar-refractivity contribution in [1.82, 2.24) is 9.47 Å². The van der Waals surface area contributed by atoms with Crippen molar-refractivity contribution in [2.75, 3.05) is 14.1 Å². The lowest BCUT2D eigenvalue weighted by Crippen LogP contribution is -2.24. The third-order valence-electron chi connectivity index (χ3n) is 4.64. The number of carbonyl (C=O) groups excluding carboxylic acids is 1. The van der Waals surface area contributed by atoms with Crippen LogP contribution in [0.2, 0.25) is 0 Å². The third-order valence-corrected chi connectivity index (χ3v) is 4.64. The zero-order valence-corrected chi connectivity index (χ0v) is 17.8. The molecule has 1 amide bonds. The van der Waals surface area contributed by atoms with Gasteiger partial charge in [-0.15, -0.1) is 5.11 Å². The molecule has 0 aliphatic carbocycles. The van der Waals surface area contributed by atoms with Crippen LogP contribution in [0, 0.1) is 11.3 Å². The van der Waals surface area contributed by atoms with Gasteiger partial charge in [0.25, 0.3) is 11.5 Å². The number of hydrogen-bond acceptors (Lipinski definition) is 6. The molecule has 0 bridgehead atoms. The molecule has 1 aromatic heterocycles. The minimum absolute atomic E-state index is 0.00409. The van der Waals surface area contributed by atoms with E-state index in [1.54, 1.807) is 38.4 Å². The van der Waals surface area contributed by atoms with E-state index in [0.717, 1.165) is 12.8 Å². The molecule has 0 aliphatic rings. The van der Waals surface area contributed by atoms with E-state index in [-0.39, 0.29) is 29.6 Å². The molecule has 8 nitrogen and oxygen atoms in total. The molecule has 1 heterocycles. The maximum absolute atomic E-state index is 12.6. The van der Waals surface area contributed by atoms with Crippen LogP contribution < -0.4 is 5.56 Å². The summed E-state index contributed by atoms with van der Waals surface area (Å²) in [7, 11) is 3.35. The second-order valence-corrected chi connectivity index (χ2v) is 7.14. The highest BCUT2D eigenvalue weighted by Crippen LogP contribution is 2.34. The SMILES string of the molecule is CCCCc1c(/N=N/c2ccc(C(=O)N(C)C)cc2)c(O)n(CCC)c(=O)c1C#N. The highest BCUT2D eigenvalue weighted by Gasteiger charge is 2.21. The van der Waals surface area contributed by atoms with Crippen molar-refractivity contribution in [2.45, 2.75) is 46.1 Å². The Hall–Kier alpha value is -3.47. The highest BCUT2D eigenvalue weighted by atomic mass is 16.3. The summed E-state index contributed by atoms with van der Waals surface area (Å²) in [6.45, 7) is 4.15. The fourth-order valence-electron chi connectivity index (χ4n) is 3.03. The van der Waals surface area contributed by atoms with Gasteiger partial charge in [0.1, 0.15) is 11.6 Å². The van der Waals surface area contributed by atoms with Crippen LogP contribution in [-0.4, -0.2) is 34.6 Å². The number of hydrogen-bond donors (Lipinski definition) is 1. The molecule has 0 fully saturated rings. The Morgan fingerprint density at radius 1 is 1.17 bits per heavy atom. The molecule has 0 saturated carbocycles. The second-order valence-electron chi connectivity index (χ2n) is 7.14. The van der Waals surface area contributed by atoms with Crippen molar-refractivity contribution < 1.29 is 9.90 Å². The molecule has 0 unspecified atom stereocenters. The number of unbranched alkanes of at least 4 members (excludes halogenated alkanes) is 1. The number of benzene rings is 1. The number of carbonyl (C=O) groups is 1. The van der Waals surface area contributed by atoms with E-state index in [1.165, 1.54) is 9.47 Å². The first-order valence-corrected chi connectivity index (χ1v) is 9.97. The standard InChI is InChI=1S/C22H27N5O3/c1-5-7-8-17-18(14-23)21(29)27(13-6-2)22(30)19(17)25-24-16-11-9-15(10-12-16)20(28)26(3)4/h9-12,30H,5-8,13H2,1-4H3/b25-24+. The molecule has 30 heavy (non-hydrogen) atoms. The van der Waals surface area contributed by atoms with Gasteiger partial charge in [0.2, 0.25) is 5.88 Å². The van der Waals surface area contributed by atoms with Gasteiger partial charge in [-0.3, -0.25) is 14.2 Å². The molecule has 0 atom stereocenters. The lowest BCUT2D eigenvalue weighted by atomic mass is 10.0. The van der Waals surface area contributed by atoms with Gasteiger partial charge in [0.15, 0.2) is 5.69 Å². The Morgan fingerprint density at radius 3 is 2.37 bits per heavy atom. The Morgan fingerprint density at radius 2 is 1.83 bits per heavy atom. The van der Waals surface area contributed by atoms with Crippen molar-refractivity contribution in [3.05, 3.63) is 51.3 Å². The number of pyridine rings is 1. The molecule has 158 valence electrons. The average Bonchev–Trinajstić information content (AvgIpc) is 2.74. The Labute approximate surface area is 176 Å². The summed E-state index contributed by atoms with van der Waals surface area (Å²) >= 11 is 0. The minimum Gasteiger partial charge on any atom is -0.493 e. The van der Waals surface area contributed by atoms with E-state index in [2.05, 4.69) is 10.2 Å². The first kappa shape index (κ1) is 22.8. The normalized spacial score (nSPS) is 10.9. The van der Waals surface area contributed by atoms with E-state index in [1.807, 2.05) is 19.9 Å². The third kappa shape index (κ3) is 4.92. The Kier molecular flexibility index (Phi) is 7.87. The van der Waals surface area contributed by atoms with Crippen molar-refractivity contribution in [3.8, 4) is 11.9 Å². The van der Waals surface area contributed by atoms with Gasteiger partial charge in [-0.05, 0) is 43.5 Å². The Bertz CT molecular complexity index is 1030. The predicted octanol–water partition coefficient (Wildman–Crippen LogP) is 4.30. The van der Waals surface area contributed by atoms with E-state index in [4.69, 9.17) is 0 Å². The van der Waals surface area contributed by atoms with Crippen LogP contribution in [0.25, 0.3) is 0 Å². The summed E-state index contributed by atoms with van der Waals surface area (Å²) in [6.07, 6.45) is 2.67. The van der Waals surface area contributed by atoms with Crippen molar-refractivity contribution in [2.24, 2.45) is 10.2 Å². The fraction of sp³-hybridized carbons (Fsp3) is 0.409. The number of rotatable bonds is 8. The molecule has 2 aromatic rings. The van der Waals surface area contributed by atoms with Gasteiger partial charge in [0, 0.05) is 31.8 Å². The number of aromatic nitrogens is 1. The average molecular weight is 409 g/mol. The highest BCUT2D eigenvalue weighted by molar-refractivity contribution is 5.94. The van der Waals surface area contributed by atoms with Gasteiger partial charge in [0.05, 0.1) is 5.69 Å². The summed E-state index contributed by atoms with van der Waals surface area (Å²) in [5.41, 5.74) is 1.05. The molecule has 2 rings (SSSR count). The van der Waals surface area contributed by atoms with Crippen molar-refractivity contribution in [1.29, 1.82) is 5.26 Å². The van der Waals surface area contributed by atoms with Crippen LogP contribution in [0.1, 0.15) is 54.6 Å². The minimum atomic E-state index is -0.506. The van der Waals surface area contributed by atoms with Crippen LogP contribution in [-0.2, 0) is 13.0 Å². The van der Waals surface area contributed by atoms with Gasteiger partial charge < -0.3 is 10.0 Å². The zero-order chi connectivity index (χ0) is 22.3. The molecular weight excluding hydrogens is 382 g/mol. The van der Waals surface area contributed by atoms with E-state index < -0.39 is 5.56 Å². The molecule has 1 N–H and O–H groups in total. The molecule has 0 radical (unpaired) electrons. The van der Waals surface area contributed by atoms with Gasteiger partial charge in [-0.25, -0.2) is 0 Å². The van der Waals surface area contributed by atoms with E-state index in [0.29, 0.717) is 29.7 Å². The van der Waals surface area contributed by atoms with Gasteiger partial charge in [-0.2, -0.15) is 10.4 Å². The lowest BCUT2D eigenvalue weighted by Gasteiger charge is -2.14. The maximum Gasteiger partial charge on any atom is 0.271 e. The first-order valence-electron chi connectivity index (χ1n) is 9.97. The number of azo groups is 1. The summed E-state index contributed by atoms with van der Waals surface area (Å²) in [4.78, 5) is 26.1. The number of amides is 1. The van der Waals surface area contributed by atoms with Crippen molar-refractivity contribution in [3.63, 3.8) is 0 Å². The Balaban J connectivity index is 2.53. The van der Waals surface area contributed by atoms with Crippen LogP contribution in [0.4, 0.5) is 11.4 Å². The molecule has 8 heteroatoms. The summed E-state index contributed by atoms with van der Waals surface area (Å²) in [5, 5.41) is 28.6. The fourth-order valence-corrected chi connectivity index (χ4v) is 3.03. The van der Waals surface area contributed by atoms with Gasteiger partial charge >= 0.3 is 0 Å². The zero-order valence-electron chi connectivity index (χ0n) is 17.8. The summed E-state index contributed by atoms with van der Waals surface area (Å²) in [5.74, 6) is -0.404. The number of aromatic hydroxyl groups is 1. The lowest BCUT2D eigenvalue weighted by molar-refractivity contribution is 0.0827. The summed E-state index contributed by atoms with van der Waals surface area (Å²) in [6, 6.07) is 8.57. The molecule has 0 aliphatic heterocycles. The number of nitriles is 1. The predicted molar refractivity (Wildman–Crippen MR) is 115 cm³/mol. The van der Waals surface area contributed by atoms with Crippen LogP contribution in [0.3, 0.4) is 0 Å². The van der Waals surface area contributed by atoms with Crippen LogP contribution in [0.15, 0.2) is 39.3 Å². The quantitative estimate of drug-likeness (QED) is 0.655.